The number of nitrogens with zero attached hydrogens (tertiary/aromatic N) is 4. The molecule has 0 unspecified atom stereocenters. The Hall–Kier alpha value is -2.31. The third kappa shape index (κ3) is 2.63. The Bertz CT molecular complexity index is 523. The molecule has 0 aliphatic carbocycles. The molecule has 0 aliphatic rings. The van der Waals surface area contributed by atoms with Gasteiger partial charge in [0.1, 0.15) is 5.82 Å². The normalized spacial score (nSPS) is 10.4. The van der Waals surface area contributed by atoms with Crippen molar-refractivity contribution >= 4 is 5.97 Å². The molecule has 0 aliphatic heterocycles. The Labute approximate surface area is 95.7 Å². The van der Waals surface area contributed by atoms with Gasteiger partial charge in [-0.15, -0.1) is 5.10 Å². The molecule has 1 aromatic heterocycles. The van der Waals surface area contributed by atoms with Gasteiger partial charge in [0, 0.05) is 5.56 Å². The zero-order chi connectivity index (χ0) is 12.3. The summed E-state index contributed by atoms with van der Waals surface area (Å²) in [6.07, 6.45) is -0.0702. The maximum absolute atomic E-state index is 12.7. The van der Waals surface area contributed by atoms with Gasteiger partial charge in [0.15, 0.2) is 5.82 Å². The number of halogens is 1. The van der Waals surface area contributed by atoms with Gasteiger partial charge in [-0.25, -0.2) is 9.07 Å². The molecule has 2 aromatic rings. The molecule has 0 atom stereocenters. The molecule has 2 rings (SSSR count). The van der Waals surface area contributed by atoms with Crippen LogP contribution in [0.25, 0.3) is 11.4 Å². The predicted molar refractivity (Wildman–Crippen MR) is 55.5 cm³/mol. The molecule has 1 aromatic carbocycles. The van der Waals surface area contributed by atoms with Crippen LogP contribution in [0, 0.1) is 5.82 Å². The minimum atomic E-state index is -0.925. The average Bonchev–Trinajstić information content (AvgIpc) is 2.75. The highest BCUT2D eigenvalue weighted by molar-refractivity contribution is 5.66. The maximum atomic E-state index is 12.7. The van der Waals surface area contributed by atoms with Crippen LogP contribution in [-0.4, -0.2) is 31.3 Å². The molecule has 0 saturated carbocycles. The summed E-state index contributed by atoms with van der Waals surface area (Å²) < 4.78 is 14.1. The molecule has 1 heterocycles. The number of aliphatic carboxylic acids is 1. The second-order valence-corrected chi connectivity index (χ2v) is 3.38. The monoisotopic (exact) mass is 236 g/mol. The molecule has 6 nitrogen and oxygen atoms in total. The second-order valence-electron chi connectivity index (χ2n) is 3.38. The molecule has 17 heavy (non-hydrogen) atoms. The van der Waals surface area contributed by atoms with Gasteiger partial charge in [-0.1, -0.05) is 0 Å². The van der Waals surface area contributed by atoms with Crippen molar-refractivity contribution in [3.63, 3.8) is 0 Å². The average molecular weight is 236 g/mol. The Kier molecular flexibility index (Phi) is 3.08. The second kappa shape index (κ2) is 4.69. The van der Waals surface area contributed by atoms with E-state index < -0.39 is 5.97 Å². The molecule has 0 amide bonds. The highest BCUT2D eigenvalue weighted by Crippen LogP contribution is 2.16. The van der Waals surface area contributed by atoms with E-state index in [-0.39, 0.29) is 18.8 Å². The van der Waals surface area contributed by atoms with Crippen molar-refractivity contribution in [3.05, 3.63) is 30.1 Å². The fraction of sp³-hybridized carbons (Fsp3) is 0.200. The fourth-order valence-electron chi connectivity index (χ4n) is 1.36. The smallest absolute Gasteiger partial charge is 0.305 e. The number of rotatable bonds is 4. The van der Waals surface area contributed by atoms with Gasteiger partial charge in [0.25, 0.3) is 0 Å². The molecule has 0 saturated heterocycles. The van der Waals surface area contributed by atoms with Crippen molar-refractivity contribution in [1.29, 1.82) is 0 Å². The number of carboxylic acid groups (broad SMARTS) is 1. The van der Waals surface area contributed by atoms with Crippen LogP contribution in [0.3, 0.4) is 0 Å². The van der Waals surface area contributed by atoms with Gasteiger partial charge >= 0.3 is 5.97 Å². The summed E-state index contributed by atoms with van der Waals surface area (Å²) in [5, 5.41) is 19.5. The van der Waals surface area contributed by atoms with E-state index in [9.17, 15) is 9.18 Å². The van der Waals surface area contributed by atoms with Gasteiger partial charge in [0.05, 0.1) is 13.0 Å². The lowest BCUT2D eigenvalue weighted by Crippen LogP contribution is -2.07. The van der Waals surface area contributed by atoms with Crippen molar-refractivity contribution in [2.45, 2.75) is 13.0 Å². The maximum Gasteiger partial charge on any atom is 0.305 e. The molecular formula is C10H9FN4O2. The van der Waals surface area contributed by atoms with Gasteiger partial charge < -0.3 is 5.11 Å². The standard InChI is InChI=1S/C10H9FN4O2/c11-8-3-1-7(2-4-8)10-12-13-14-15(10)6-5-9(16)17/h1-4H,5-6H2,(H,16,17). The first-order valence-corrected chi connectivity index (χ1v) is 4.91. The molecule has 0 bridgehead atoms. The van der Waals surface area contributed by atoms with Crippen molar-refractivity contribution in [2.75, 3.05) is 0 Å². The van der Waals surface area contributed by atoms with Gasteiger partial charge in [-0.3, -0.25) is 4.79 Å². The van der Waals surface area contributed by atoms with Crippen LogP contribution in [0.4, 0.5) is 4.39 Å². The summed E-state index contributed by atoms with van der Waals surface area (Å²) in [6, 6.07) is 5.67. The minimum absolute atomic E-state index is 0.0702. The highest BCUT2D eigenvalue weighted by atomic mass is 19.1. The van der Waals surface area contributed by atoms with E-state index in [1.165, 1.54) is 28.9 Å². The van der Waals surface area contributed by atoms with Crippen LogP contribution >= 0.6 is 0 Å². The van der Waals surface area contributed by atoms with E-state index in [1.807, 2.05) is 0 Å². The van der Waals surface area contributed by atoms with Crippen LogP contribution in [0.1, 0.15) is 6.42 Å². The predicted octanol–water partition coefficient (Wildman–Crippen LogP) is 0.954. The van der Waals surface area contributed by atoms with Crippen LogP contribution in [-0.2, 0) is 11.3 Å². The Balaban J connectivity index is 2.24. The van der Waals surface area contributed by atoms with Gasteiger partial charge in [-0.05, 0) is 34.7 Å². The number of carbonyl (C=O) groups is 1. The number of aryl methyl sites for hydroxylation is 1. The number of hydrogen-bond donors (Lipinski definition) is 1. The molecule has 88 valence electrons. The first-order valence-electron chi connectivity index (χ1n) is 4.91. The molecule has 0 spiro atoms. The van der Waals surface area contributed by atoms with Crippen LogP contribution in [0.5, 0.6) is 0 Å². The molecule has 1 N–H and O–H groups in total. The van der Waals surface area contributed by atoms with E-state index in [0.29, 0.717) is 11.4 Å². The fourth-order valence-corrected chi connectivity index (χ4v) is 1.36. The molecule has 0 fully saturated rings. The highest BCUT2D eigenvalue weighted by Gasteiger charge is 2.09. The zero-order valence-electron chi connectivity index (χ0n) is 8.75. The van der Waals surface area contributed by atoms with Crippen LogP contribution in [0.2, 0.25) is 0 Å². The molecule has 7 heteroatoms. The van der Waals surface area contributed by atoms with Crippen molar-refractivity contribution in [1.82, 2.24) is 20.2 Å². The molecular weight excluding hydrogens is 227 g/mol. The van der Waals surface area contributed by atoms with E-state index in [0.717, 1.165) is 0 Å². The SMILES string of the molecule is O=C(O)CCn1nnnc1-c1ccc(F)cc1. The van der Waals surface area contributed by atoms with Gasteiger partial charge in [-0.2, -0.15) is 0 Å². The lowest BCUT2D eigenvalue weighted by atomic mass is 10.2. The minimum Gasteiger partial charge on any atom is -0.481 e. The van der Waals surface area contributed by atoms with Crippen LogP contribution in [0.15, 0.2) is 24.3 Å². The van der Waals surface area contributed by atoms with Crippen LogP contribution < -0.4 is 0 Å². The third-order valence-corrected chi connectivity index (χ3v) is 2.17. The molecule has 0 radical (unpaired) electrons. The van der Waals surface area contributed by atoms with Crippen molar-refractivity contribution in [3.8, 4) is 11.4 Å². The number of tetrazole rings is 1. The Morgan fingerprint density at radius 1 is 1.35 bits per heavy atom. The Morgan fingerprint density at radius 3 is 2.71 bits per heavy atom. The summed E-state index contributed by atoms with van der Waals surface area (Å²) >= 11 is 0. The van der Waals surface area contributed by atoms with E-state index in [2.05, 4.69) is 15.5 Å². The number of carboxylic acids is 1. The van der Waals surface area contributed by atoms with E-state index in [4.69, 9.17) is 5.11 Å². The summed E-state index contributed by atoms with van der Waals surface area (Å²) in [6.45, 7) is 0.176. The third-order valence-electron chi connectivity index (χ3n) is 2.17. The summed E-state index contributed by atoms with van der Waals surface area (Å²) in [5.74, 6) is -0.852. The van der Waals surface area contributed by atoms with Crippen molar-refractivity contribution < 1.29 is 14.3 Å². The Morgan fingerprint density at radius 2 is 2.06 bits per heavy atom. The number of hydrogen-bond acceptors (Lipinski definition) is 4. The summed E-state index contributed by atoms with van der Waals surface area (Å²) in [4.78, 5) is 10.5. The number of aromatic nitrogens is 4. The topological polar surface area (TPSA) is 80.9 Å². The first-order chi connectivity index (χ1) is 8.16. The largest absolute Gasteiger partial charge is 0.481 e. The quantitative estimate of drug-likeness (QED) is 0.854. The van der Waals surface area contributed by atoms with Gasteiger partial charge in [0.2, 0.25) is 0 Å². The van der Waals surface area contributed by atoms with E-state index >= 15 is 0 Å². The number of benzene rings is 1. The first kappa shape index (κ1) is 11.2. The zero-order valence-corrected chi connectivity index (χ0v) is 8.75. The van der Waals surface area contributed by atoms with Crippen molar-refractivity contribution in [2.24, 2.45) is 0 Å². The lowest BCUT2D eigenvalue weighted by molar-refractivity contribution is -0.137. The summed E-state index contributed by atoms with van der Waals surface area (Å²) in [7, 11) is 0. The summed E-state index contributed by atoms with van der Waals surface area (Å²) in [5.41, 5.74) is 0.641. The van der Waals surface area contributed by atoms with E-state index in [1.54, 1.807) is 0 Å². The lowest BCUT2D eigenvalue weighted by Gasteiger charge is -2.02.